The SMILES string of the molecule is CC(=O)c1ccc(Oc2cc(F)cc(Br)c2)c(F)c1. The van der Waals surface area contributed by atoms with Gasteiger partial charge in [-0.25, -0.2) is 8.78 Å². The lowest BCUT2D eigenvalue weighted by molar-refractivity contribution is 0.101. The van der Waals surface area contributed by atoms with Crippen LogP contribution in [0.25, 0.3) is 0 Å². The van der Waals surface area contributed by atoms with Gasteiger partial charge in [-0.05, 0) is 37.3 Å². The van der Waals surface area contributed by atoms with Gasteiger partial charge in [0, 0.05) is 16.1 Å². The fourth-order valence-electron chi connectivity index (χ4n) is 1.52. The molecular formula is C14H9BrF2O2. The van der Waals surface area contributed by atoms with Crippen molar-refractivity contribution in [1.29, 1.82) is 0 Å². The van der Waals surface area contributed by atoms with Gasteiger partial charge in [0.25, 0.3) is 0 Å². The van der Waals surface area contributed by atoms with Crippen LogP contribution in [0.4, 0.5) is 8.78 Å². The maximum Gasteiger partial charge on any atom is 0.166 e. The summed E-state index contributed by atoms with van der Waals surface area (Å²) in [6.45, 7) is 1.35. The molecule has 0 heterocycles. The van der Waals surface area contributed by atoms with E-state index >= 15 is 0 Å². The Bertz CT molecular complexity index is 621. The quantitative estimate of drug-likeness (QED) is 0.763. The largest absolute Gasteiger partial charge is 0.454 e. The summed E-state index contributed by atoms with van der Waals surface area (Å²) in [5, 5.41) is 0. The third-order valence-corrected chi connectivity index (χ3v) is 2.86. The monoisotopic (exact) mass is 326 g/mol. The molecule has 98 valence electrons. The number of hydrogen-bond donors (Lipinski definition) is 0. The number of Topliss-reactive ketones (excluding diaryl/α,β-unsaturated/α-hetero) is 1. The van der Waals surface area contributed by atoms with Crippen LogP contribution in [0.3, 0.4) is 0 Å². The topological polar surface area (TPSA) is 26.3 Å². The Kier molecular flexibility index (Phi) is 3.95. The Morgan fingerprint density at radius 3 is 2.47 bits per heavy atom. The van der Waals surface area contributed by atoms with E-state index in [9.17, 15) is 13.6 Å². The fraction of sp³-hybridized carbons (Fsp3) is 0.0714. The zero-order valence-electron chi connectivity index (χ0n) is 9.91. The van der Waals surface area contributed by atoms with Crippen molar-refractivity contribution in [3.63, 3.8) is 0 Å². The first-order valence-corrected chi connectivity index (χ1v) is 6.19. The number of carbonyl (C=O) groups is 1. The van der Waals surface area contributed by atoms with Crippen molar-refractivity contribution >= 4 is 21.7 Å². The zero-order chi connectivity index (χ0) is 14.0. The molecule has 2 aromatic rings. The van der Waals surface area contributed by atoms with Crippen molar-refractivity contribution in [2.45, 2.75) is 6.92 Å². The third-order valence-electron chi connectivity index (χ3n) is 2.40. The highest BCUT2D eigenvalue weighted by atomic mass is 79.9. The summed E-state index contributed by atoms with van der Waals surface area (Å²) in [4.78, 5) is 11.1. The molecule has 2 rings (SSSR count). The van der Waals surface area contributed by atoms with Crippen molar-refractivity contribution in [2.75, 3.05) is 0 Å². The Hall–Kier alpha value is -1.75. The molecule has 2 aromatic carbocycles. The second kappa shape index (κ2) is 5.48. The minimum Gasteiger partial charge on any atom is -0.454 e. The number of carbonyl (C=O) groups excluding carboxylic acids is 1. The number of halogens is 3. The number of rotatable bonds is 3. The van der Waals surface area contributed by atoms with Crippen LogP contribution in [0.1, 0.15) is 17.3 Å². The van der Waals surface area contributed by atoms with Gasteiger partial charge < -0.3 is 4.74 Å². The van der Waals surface area contributed by atoms with Crippen molar-refractivity contribution in [1.82, 2.24) is 0 Å². The van der Waals surface area contributed by atoms with Gasteiger partial charge in [0.1, 0.15) is 11.6 Å². The minimum atomic E-state index is -0.673. The lowest BCUT2D eigenvalue weighted by Crippen LogP contribution is -1.95. The molecular weight excluding hydrogens is 318 g/mol. The highest BCUT2D eigenvalue weighted by Gasteiger charge is 2.09. The standard InChI is InChI=1S/C14H9BrF2O2/c1-8(18)9-2-3-14(13(17)4-9)19-12-6-10(15)5-11(16)7-12/h2-7H,1H3. The first kappa shape index (κ1) is 13.7. The lowest BCUT2D eigenvalue weighted by Gasteiger charge is -2.08. The molecule has 0 aliphatic carbocycles. The molecule has 0 bridgehead atoms. The van der Waals surface area contributed by atoms with Crippen molar-refractivity contribution < 1.29 is 18.3 Å². The van der Waals surface area contributed by atoms with E-state index in [2.05, 4.69) is 15.9 Å². The normalized spacial score (nSPS) is 10.3. The van der Waals surface area contributed by atoms with E-state index < -0.39 is 11.6 Å². The molecule has 0 aromatic heterocycles. The Labute approximate surface area is 117 Å². The van der Waals surface area contributed by atoms with Crippen LogP contribution < -0.4 is 4.74 Å². The second-order valence-corrected chi connectivity index (χ2v) is 4.82. The van der Waals surface area contributed by atoms with E-state index in [1.807, 2.05) is 0 Å². The van der Waals surface area contributed by atoms with Crippen LogP contribution in [0.5, 0.6) is 11.5 Å². The first-order valence-electron chi connectivity index (χ1n) is 5.40. The summed E-state index contributed by atoms with van der Waals surface area (Å²) >= 11 is 3.12. The van der Waals surface area contributed by atoms with E-state index in [0.717, 1.165) is 12.1 Å². The summed E-state index contributed by atoms with van der Waals surface area (Å²) in [5.74, 6) is -1.30. The molecule has 0 aliphatic heterocycles. The van der Waals surface area contributed by atoms with E-state index in [0.29, 0.717) is 4.47 Å². The molecule has 0 aliphatic rings. The molecule has 19 heavy (non-hydrogen) atoms. The van der Waals surface area contributed by atoms with Crippen LogP contribution in [-0.4, -0.2) is 5.78 Å². The number of hydrogen-bond acceptors (Lipinski definition) is 2. The smallest absolute Gasteiger partial charge is 0.166 e. The Morgan fingerprint density at radius 1 is 1.16 bits per heavy atom. The molecule has 0 fully saturated rings. The van der Waals surface area contributed by atoms with Crippen LogP contribution >= 0.6 is 15.9 Å². The van der Waals surface area contributed by atoms with Crippen molar-refractivity contribution in [3.05, 3.63) is 58.1 Å². The number of ketones is 1. The van der Waals surface area contributed by atoms with Gasteiger partial charge in [-0.15, -0.1) is 0 Å². The maximum atomic E-state index is 13.7. The van der Waals surface area contributed by atoms with Gasteiger partial charge >= 0.3 is 0 Å². The highest BCUT2D eigenvalue weighted by molar-refractivity contribution is 9.10. The first-order chi connectivity index (χ1) is 8.95. The number of benzene rings is 2. The summed E-state index contributed by atoms with van der Waals surface area (Å²) in [6, 6.07) is 7.80. The highest BCUT2D eigenvalue weighted by Crippen LogP contribution is 2.28. The average Bonchev–Trinajstić information content (AvgIpc) is 2.30. The maximum absolute atomic E-state index is 13.7. The molecule has 0 unspecified atom stereocenters. The molecule has 0 N–H and O–H groups in total. The molecule has 5 heteroatoms. The van der Waals surface area contributed by atoms with Gasteiger partial charge in [0.15, 0.2) is 17.3 Å². The van der Waals surface area contributed by atoms with E-state index in [4.69, 9.17) is 4.74 Å². The van der Waals surface area contributed by atoms with E-state index in [1.165, 1.54) is 31.2 Å². The lowest BCUT2D eigenvalue weighted by atomic mass is 10.1. The van der Waals surface area contributed by atoms with Crippen molar-refractivity contribution in [3.8, 4) is 11.5 Å². The van der Waals surface area contributed by atoms with Gasteiger partial charge in [0.05, 0.1) is 0 Å². The Morgan fingerprint density at radius 2 is 1.89 bits per heavy atom. The van der Waals surface area contributed by atoms with Crippen LogP contribution in [0.2, 0.25) is 0 Å². The zero-order valence-corrected chi connectivity index (χ0v) is 11.5. The molecule has 0 amide bonds. The molecule has 0 saturated heterocycles. The predicted molar refractivity (Wildman–Crippen MR) is 70.6 cm³/mol. The third kappa shape index (κ3) is 3.38. The predicted octanol–water partition coefficient (Wildman–Crippen LogP) is 4.72. The fourth-order valence-corrected chi connectivity index (χ4v) is 1.96. The summed E-state index contributed by atoms with van der Waals surface area (Å²) in [6.07, 6.45) is 0. The van der Waals surface area contributed by atoms with E-state index in [1.54, 1.807) is 0 Å². The van der Waals surface area contributed by atoms with E-state index in [-0.39, 0.29) is 22.8 Å². The van der Waals surface area contributed by atoms with Crippen LogP contribution in [0.15, 0.2) is 40.9 Å². The second-order valence-electron chi connectivity index (χ2n) is 3.91. The van der Waals surface area contributed by atoms with Gasteiger partial charge in [-0.2, -0.15) is 0 Å². The van der Waals surface area contributed by atoms with Crippen LogP contribution in [0, 0.1) is 11.6 Å². The molecule has 0 radical (unpaired) electrons. The Balaban J connectivity index is 2.30. The van der Waals surface area contributed by atoms with Gasteiger partial charge in [-0.1, -0.05) is 15.9 Å². The minimum absolute atomic E-state index is 0.0671. The number of ether oxygens (including phenoxy) is 1. The summed E-state index contributed by atoms with van der Waals surface area (Å²) in [7, 11) is 0. The summed E-state index contributed by atoms with van der Waals surface area (Å²) in [5.41, 5.74) is 0.255. The molecule has 2 nitrogen and oxygen atoms in total. The molecule has 0 saturated carbocycles. The average molecular weight is 327 g/mol. The molecule has 0 spiro atoms. The van der Waals surface area contributed by atoms with Gasteiger partial charge in [-0.3, -0.25) is 4.79 Å². The summed E-state index contributed by atoms with van der Waals surface area (Å²) < 4.78 is 32.6. The van der Waals surface area contributed by atoms with Gasteiger partial charge in [0.2, 0.25) is 0 Å². The molecule has 0 atom stereocenters. The van der Waals surface area contributed by atoms with Crippen molar-refractivity contribution in [2.24, 2.45) is 0 Å². The van der Waals surface area contributed by atoms with Crippen LogP contribution in [-0.2, 0) is 0 Å².